The molecule has 0 saturated carbocycles. The highest BCUT2D eigenvalue weighted by Crippen LogP contribution is 2.31. The zero-order chi connectivity index (χ0) is 31.6. The van der Waals surface area contributed by atoms with Gasteiger partial charge in [-0.25, -0.2) is 14.6 Å². The quantitative estimate of drug-likeness (QED) is 0.170. The average molecular weight is 597 g/mol. The molecule has 10 nitrogen and oxygen atoms in total. The Balaban J connectivity index is 1.62. The van der Waals surface area contributed by atoms with E-state index in [1.165, 1.54) is 4.90 Å². The second kappa shape index (κ2) is 14.6. The van der Waals surface area contributed by atoms with Gasteiger partial charge < -0.3 is 25.0 Å². The summed E-state index contributed by atoms with van der Waals surface area (Å²) in [5, 5.41) is 28.5. The molecule has 4 rings (SSSR count). The van der Waals surface area contributed by atoms with Crippen molar-refractivity contribution in [1.82, 2.24) is 9.88 Å². The number of carboxylic acid groups (broad SMARTS) is 3. The van der Waals surface area contributed by atoms with Gasteiger partial charge in [0, 0.05) is 18.2 Å². The molecule has 0 aliphatic heterocycles. The molecule has 226 valence electrons. The third-order valence-corrected chi connectivity index (χ3v) is 7.31. The summed E-state index contributed by atoms with van der Waals surface area (Å²) < 4.78 is 5.93. The van der Waals surface area contributed by atoms with Crippen LogP contribution in [0.25, 0.3) is 0 Å². The third kappa shape index (κ3) is 8.28. The molecule has 0 aliphatic carbocycles. The van der Waals surface area contributed by atoms with E-state index in [0.717, 1.165) is 23.4 Å². The molecular weight excluding hydrogens is 564 g/mol. The van der Waals surface area contributed by atoms with Gasteiger partial charge >= 0.3 is 17.9 Å². The number of hydrogen-bond donors (Lipinski definition) is 3. The van der Waals surface area contributed by atoms with Gasteiger partial charge in [-0.2, -0.15) is 0 Å². The number of aromatic nitrogens is 1. The number of rotatable bonds is 14. The first-order chi connectivity index (χ1) is 21.1. The number of pyridine rings is 1. The Labute approximate surface area is 254 Å². The van der Waals surface area contributed by atoms with Gasteiger partial charge in [0.1, 0.15) is 18.0 Å². The molecule has 0 fully saturated rings. The van der Waals surface area contributed by atoms with Gasteiger partial charge in [0.15, 0.2) is 5.69 Å². The molecule has 1 aromatic heterocycles. The molecule has 3 N–H and O–H groups in total. The summed E-state index contributed by atoms with van der Waals surface area (Å²) in [4.78, 5) is 53.5. The molecule has 0 spiro atoms. The predicted octanol–water partition coefficient (Wildman–Crippen LogP) is 5.53. The lowest BCUT2D eigenvalue weighted by molar-refractivity contribution is -0.146. The first-order valence-corrected chi connectivity index (χ1v) is 14.0. The number of aromatic carboxylic acids is 2. The third-order valence-electron chi connectivity index (χ3n) is 7.31. The highest BCUT2D eigenvalue weighted by molar-refractivity contribution is 6.00. The van der Waals surface area contributed by atoms with Gasteiger partial charge in [-0.05, 0) is 66.8 Å². The minimum atomic E-state index is -1.51. The Morgan fingerprint density at radius 3 is 2.00 bits per heavy atom. The van der Waals surface area contributed by atoms with Gasteiger partial charge in [0.25, 0.3) is 0 Å². The molecule has 1 heterocycles. The van der Waals surface area contributed by atoms with Crippen LogP contribution in [-0.4, -0.2) is 61.6 Å². The molecule has 2 atom stereocenters. The zero-order valence-electron chi connectivity index (χ0n) is 24.0. The molecule has 1 amide bonds. The van der Waals surface area contributed by atoms with Crippen molar-refractivity contribution in [3.63, 3.8) is 0 Å². The molecule has 10 heteroatoms. The summed E-state index contributed by atoms with van der Waals surface area (Å²) in [6.07, 6.45) is 2.04. The van der Waals surface area contributed by atoms with Crippen LogP contribution in [-0.2, 0) is 22.4 Å². The van der Waals surface area contributed by atoms with Gasteiger partial charge in [-0.1, -0.05) is 60.7 Å². The van der Waals surface area contributed by atoms with E-state index < -0.39 is 47.7 Å². The fourth-order valence-electron chi connectivity index (χ4n) is 5.10. The number of carbonyl (C=O) groups is 4. The van der Waals surface area contributed by atoms with E-state index in [1.54, 1.807) is 6.92 Å². The van der Waals surface area contributed by atoms with Crippen molar-refractivity contribution < 1.29 is 39.2 Å². The van der Waals surface area contributed by atoms with E-state index in [0.29, 0.717) is 24.3 Å². The lowest BCUT2D eigenvalue weighted by Gasteiger charge is -2.34. The maximum Gasteiger partial charge on any atom is 0.355 e. The Bertz CT molecular complexity index is 1610. The van der Waals surface area contributed by atoms with Crippen LogP contribution in [0.4, 0.5) is 0 Å². The first kappa shape index (κ1) is 31.4. The van der Waals surface area contributed by atoms with E-state index in [9.17, 15) is 34.5 Å². The Kier molecular flexibility index (Phi) is 10.4. The topological polar surface area (TPSA) is 154 Å². The molecule has 44 heavy (non-hydrogen) atoms. The van der Waals surface area contributed by atoms with E-state index in [2.05, 4.69) is 4.98 Å². The highest BCUT2D eigenvalue weighted by atomic mass is 16.5. The molecule has 4 aromatic rings. The monoisotopic (exact) mass is 596 g/mol. The summed E-state index contributed by atoms with van der Waals surface area (Å²) >= 11 is 0. The lowest BCUT2D eigenvalue weighted by Crippen LogP contribution is -2.45. The Hall–Kier alpha value is -5.51. The summed E-state index contributed by atoms with van der Waals surface area (Å²) in [6.45, 7) is 1.21. The number of carboxylic acids is 3. The van der Waals surface area contributed by atoms with Crippen LogP contribution in [0.1, 0.15) is 56.8 Å². The summed E-state index contributed by atoms with van der Waals surface area (Å²) in [5.74, 6) is -3.74. The van der Waals surface area contributed by atoms with Gasteiger partial charge in [-0.3, -0.25) is 9.59 Å². The van der Waals surface area contributed by atoms with Crippen LogP contribution in [0, 0.1) is 0 Å². The molecule has 0 radical (unpaired) electrons. The summed E-state index contributed by atoms with van der Waals surface area (Å²) in [6, 6.07) is 27.1. The number of ether oxygens (including phenoxy) is 1. The van der Waals surface area contributed by atoms with Crippen molar-refractivity contribution in [3.8, 4) is 11.5 Å². The number of aryl methyl sites for hydroxylation is 1. The van der Waals surface area contributed by atoms with Gasteiger partial charge in [0.05, 0.1) is 12.0 Å². The number of hydrogen-bond acceptors (Lipinski definition) is 6. The fraction of sp³-hybridized carbons (Fsp3) is 0.206. The van der Waals surface area contributed by atoms with Gasteiger partial charge in [0.2, 0.25) is 5.91 Å². The standard InChI is InChI=1S/C34H32N2O8/c1-22(36(21-31(38)39)30(37)19-24-18-29(33(40)41)32(34(42)43)35-20-24)28(17-12-23-8-4-2-5-9-23)25-13-15-27(16-14-25)44-26-10-6-3-7-11-26/h2-11,13-16,18,20,22,28H,12,17,19,21H2,1H3,(H,38,39)(H,40,41)(H,42,43). The predicted molar refractivity (Wildman–Crippen MR) is 161 cm³/mol. The zero-order valence-corrected chi connectivity index (χ0v) is 24.0. The van der Waals surface area contributed by atoms with Crippen molar-refractivity contribution in [2.45, 2.75) is 38.1 Å². The second-order valence-corrected chi connectivity index (χ2v) is 10.3. The fourth-order valence-corrected chi connectivity index (χ4v) is 5.10. The molecule has 0 bridgehead atoms. The van der Waals surface area contributed by atoms with Gasteiger partial charge in [-0.15, -0.1) is 0 Å². The summed E-state index contributed by atoms with van der Waals surface area (Å²) in [5.41, 5.74) is 0.931. The van der Waals surface area contributed by atoms with Crippen molar-refractivity contribution in [1.29, 1.82) is 0 Å². The molecule has 3 aromatic carbocycles. The number of aliphatic carboxylic acids is 1. The van der Waals surface area contributed by atoms with E-state index in [-0.39, 0.29) is 17.9 Å². The highest BCUT2D eigenvalue weighted by Gasteiger charge is 2.30. The van der Waals surface area contributed by atoms with E-state index >= 15 is 0 Å². The maximum atomic E-state index is 13.6. The largest absolute Gasteiger partial charge is 0.480 e. The van der Waals surface area contributed by atoms with Crippen molar-refractivity contribution in [2.75, 3.05) is 6.54 Å². The SMILES string of the molecule is CC(C(CCc1ccccc1)c1ccc(Oc2ccccc2)cc1)N(CC(=O)O)C(=O)Cc1cnc(C(=O)O)c(C(=O)O)c1. The van der Waals surface area contributed by atoms with Crippen LogP contribution in [0.5, 0.6) is 11.5 Å². The molecule has 0 saturated heterocycles. The van der Waals surface area contributed by atoms with Crippen molar-refractivity contribution in [3.05, 3.63) is 125 Å². The van der Waals surface area contributed by atoms with Crippen LogP contribution >= 0.6 is 0 Å². The normalized spacial score (nSPS) is 12.1. The molecule has 2 unspecified atom stereocenters. The van der Waals surface area contributed by atoms with Crippen LogP contribution in [0.2, 0.25) is 0 Å². The average Bonchev–Trinajstić information content (AvgIpc) is 3.01. The van der Waals surface area contributed by atoms with E-state index in [1.807, 2.05) is 84.9 Å². The second-order valence-electron chi connectivity index (χ2n) is 10.3. The van der Waals surface area contributed by atoms with E-state index in [4.69, 9.17) is 4.74 Å². The smallest absolute Gasteiger partial charge is 0.355 e. The summed E-state index contributed by atoms with van der Waals surface area (Å²) in [7, 11) is 0. The van der Waals surface area contributed by atoms with Crippen molar-refractivity contribution >= 4 is 23.8 Å². The Morgan fingerprint density at radius 1 is 0.795 bits per heavy atom. The van der Waals surface area contributed by atoms with Crippen molar-refractivity contribution in [2.24, 2.45) is 0 Å². The minimum absolute atomic E-state index is 0.156. The molecule has 0 aliphatic rings. The number of para-hydroxylation sites is 1. The number of carbonyl (C=O) groups excluding carboxylic acids is 1. The first-order valence-electron chi connectivity index (χ1n) is 14.0. The number of benzene rings is 3. The number of nitrogens with zero attached hydrogens (tertiary/aromatic N) is 2. The number of amides is 1. The lowest BCUT2D eigenvalue weighted by atomic mass is 9.85. The van der Waals surface area contributed by atoms with Crippen LogP contribution in [0.3, 0.4) is 0 Å². The van der Waals surface area contributed by atoms with Crippen LogP contribution < -0.4 is 4.74 Å². The maximum absolute atomic E-state index is 13.6. The Morgan fingerprint density at radius 2 is 1.41 bits per heavy atom. The van der Waals surface area contributed by atoms with Crippen LogP contribution in [0.15, 0.2) is 97.2 Å². The minimum Gasteiger partial charge on any atom is -0.480 e. The molecular formula is C34H32N2O8.